The summed E-state index contributed by atoms with van der Waals surface area (Å²) in [5.41, 5.74) is 1.08. The second-order valence-corrected chi connectivity index (χ2v) is 3.57. The molecule has 1 aromatic rings. The number of rotatable bonds is 7. The maximum atomic E-state index is 5.53. The summed E-state index contributed by atoms with van der Waals surface area (Å²) in [6.45, 7) is 3.54. The van der Waals surface area contributed by atoms with Crippen LogP contribution in [0, 0.1) is 0 Å². The molecule has 0 spiro atoms. The van der Waals surface area contributed by atoms with Gasteiger partial charge in [0.15, 0.2) is 0 Å². The molecule has 0 radical (unpaired) electrons. The minimum Gasteiger partial charge on any atom is -0.495 e. The van der Waals surface area contributed by atoms with E-state index in [4.69, 9.17) is 9.47 Å². The van der Waals surface area contributed by atoms with Crippen LogP contribution in [0.1, 0.15) is 24.9 Å². The number of nitrogens with zero attached hydrogens (tertiary/aromatic N) is 1. The van der Waals surface area contributed by atoms with Gasteiger partial charge in [0.25, 0.3) is 0 Å². The first-order chi connectivity index (χ1) is 7.81. The van der Waals surface area contributed by atoms with E-state index in [0.717, 1.165) is 24.3 Å². The molecule has 0 bridgehead atoms. The van der Waals surface area contributed by atoms with E-state index in [0.29, 0.717) is 6.61 Å². The van der Waals surface area contributed by atoms with Gasteiger partial charge in [-0.2, -0.15) is 0 Å². The van der Waals surface area contributed by atoms with Crippen molar-refractivity contribution in [2.75, 3.05) is 27.4 Å². The molecule has 16 heavy (non-hydrogen) atoms. The topological polar surface area (TPSA) is 43.4 Å². The number of hydrogen-bond donors (Lipinski definition) is 1. The van der Waals surface area contributed by atoms with Crippen LogP contribution >= 0.6 is 0 Å². The summed E-state index contributed by atoms with van der Waals surface area (Å²) in [6.07, 6.45) is 4.56. The van der Waals surface area contributed by atoms with E-state index in [9.17, 15) is 0 Å². The van der Waals surface area contributed by atoms with Crippen LogP contribution in [0.4, 0.5) is 0 Å². The highest BCUT2D eigenvalue weighted by molar-refractivity contribution is 5.25. The highest BCUT2D eigenvalue weighted by atomic mass is 16.5. The molecule has 0 saturated carbocycles. The second kappa shape index (κ2) is 7.19. The smallest absolute Gasteiger partial charge is 0.137 e. The molecule has 0 aromatic carbocycles. The molecule has 4 nitrogen and oxygen atoms in total. The van der Waals surface area contributed by atoms with Gasteiger partial charge in [-0.1, -0.05) is 6.92 Å². The van der Waals surface area contributed by atoms with Crippen LogP contribution in [-0.2, 0) is 4.74 Å². The molecule has 0 amide bonds. The summed E-state index contributed by atoms with van der Waals surface area (Å²) >= 11 is 0. The van der Waals surface area contributed by atoms with Crippen molar-refractivity contribution >= 4 is 0 Å². The fraction of sp³-hybridized carbons (Fsp3) is 0.583. The quantitative estimate of drug-likeness (QED) is 0.717. The number of aromatic nitrogens is 1. The molecule has 0 aliphatic carbocycles. The standard InChI is InChI=1S/C12H20N2O2/c1-4-5-16-9-12(13-2)10-6-11(15-3)8-14-7-10/h6-8,12-13H,4-5,9H2,1-3H3. The minimum absolute atomic E-state index is 0.161. The zero-order valence-corrected chi connectivity index (χ0v) is 10.2. The fourth-order valence-electron chi connectivity index (χ4n) is 1.43. The average Bonchev–Trinajstić information content (AvgIpc) is 2.35. The first kappa shape index (κ1) is 12.9. The van der Waals surface area contributed by atoms with Crippen molar-refractivity contribution in [1.29, 1.82) is 0 Å². The van der Waals surface area contributed by atoms with Gasteiger partial charge in [-0.15, -0.1) is 0 Å². The molecule has 90 valence electrons. The predicted molar refractivity (Wildman–Crippen MR) is 63.7 cm³/mol. The van der Waals surface area contributed by atoms with E-state index in [2.05, 4.69) is 17.2 Å². The Morgan fingerprint density at radius 3 is 2.88 bits per heavy atom. The van der Waals surface area contributed by atoms with Gasteiger partial charge in [-0.3, -0.25) is 4.98 Å². The van der Waals surface area contributed by atoms with Gasteiger partial charge in [0.2, 0.25) is 0 Å². The molecule has 1 unspecified atom stereocenters. The van der Waals surface area contributed by atoms with Crippen LogP contribution in [0.25, 0.3) is 0 Å². The molecule has 0 saturated heterocycles. The van der Waals surface area contributed by atoms with E-state index >= 15 is 0 Å². The van der Waals surface area contributed by atoms with Gasteiger partial charge >= 0.3 is 0 Å². The lowest BCUT2D eigenvalue weighted by Gasteiger charge is -2.16. The molecule has 0 aliphatic heterocycles. The monoisotopic (exact) mass is 224 g/mol. The van der Waals surface area contributed by atoms with E-state index in [1.807, 2.05) is 19.3 Å². The zero-order valence-electron chi connectivity index (χ0n) is 10.2. The van der Waals surface area contributed by atoms with E-state index in [1.54, 1.807) is 13.3 Å². The lowest BCUT2D eigenvalue weighted by atomic mass is 10.1. The summed E-state index contributed by atoms with van der Waals surface area (Å²) in [5, 5.41) is 3.21. The van der Waals surface area contributed by atoms with Crippen molar-refractivity contribution < 1.29 is 9.47 Å². The SMILES string of the molecule is CCCOCC(NC)c1cncc(OC)c1. The van der Waals surface area contributed by atoms with E-state index < -0.39 is 0 Å². The van der Waals surface area contributed by atoms with Crippen molar-refractivity contribution in [2.24, 2.45) is 0 Å². The number of hydrogen-bond acceptors (Lipinski definition) is 4. The number of nitrogens with one attached hydrogen (secondary N) is 1. The zero-order chi connectivity index (χ0) is 11.8. The minimum atomic E-state index is 0.161. The van der Waals surface area contributed by atoms with Crippen molar-refractivity contribution in [2.45, 2.75) is 19.4 Å². The summed E-state index contributed by atoms with van der Waals surface area (Å²) in [4.78, 5) is 4.13. The number of likely N-dealkylation sites (N-methyl/N-ethyl adjacent to an activating group) is 1. The summed E-state index contributed by atoms with van der Waals surface area (Å²) in [5.74, 6) is 0.772. The Kier molecular flexibility index (Phi) is 5.82. The molecular weight excluding hydrogens is 204 g/mol. The Balaban J connectivity index is 2.62. The lowest BCUT2D eigenvalue weighted by molar-refractivity contribution is 0.114. The van der Waals surface area contributed by atoms with Gasteiger partial charge in [-0.05, 0) is 25.1 Å². The van der Waals surface area contributed by atoms with Crippen LogP contribution in [0.2, 0.25) is 0 Å². The lowest BCUT2D eigenvalue weighted by Crippen LogP contribution is -2.22. The highest BCUT2D eigenvalue weighted by Crippen LogP contribution is 2.17. The second-order valence-electron chi connectivity index (χ2n) is 3.57. The average molecular weight is 224 g/mol. The highest BCUT2D eigenvalue weighted by Gasteiger charge is 2.10. The van der Waals surface area contributed by atoms with Crippen LogP contribution in [0.5, 0.6) is 5.75 Å². The number of pyridine rings is 1. The summed E-state index contributed by atoms with van der Waals surface area (Å²) in [6, 6.07) is 2.14. The van der Waals surface area contributed by atoms with Crippen molar-refractivity contribution in [3.63, 3.8) is 0 Å². The fourth-order valence-corrected chi connectivity index (χ4v) is 1.43. The largest absolute Gasteiger partial charge is 0.495 e. The normalized spacial score (nSPS) is 12.4. The van der Waals surface area contributed by atoms with Gasteiger partial charge in [0, 0.05) is 12.8 Å². The Morgan fingerprint density at radius 2 is 2.25 bits per heavy atom. The van der Waals surface area contributed by atoms with Crippen LogP contribution < -0.4 is 10.1 Å². The van der Waals surface area contributed by atoms with E-state index in [-0.39, 0.29) is 6.04 Å². The predicted octanol–water partition coefficient (Wildman–Crippen LogP) is 1.78. The summed E-state index contributed by atoms with van der Waals surface area (Å²) < 4.78 is 10.7. The van der Waals surface area contributed by atoms with E-state index in [1.165, 1.54) is 0 Å². The van der Waals surface area contributed by atoms with Gasteiger partial charge in [0.1, 0.15) is 5.75 Å². The number of ether oxygens (including phenoxy) is 2. The molecule has 0 fully saturated rings. The molecule has 1 N–H and O–H groups in total. The van der Waals surface area contributed by atoms with Crippen LogP contribution in [0.15, 0.2) is 18.5 Å². The maximum absolute atomic E-state index is 5.53. The molecule has 1 heterocycles. The molecule has 0 aliphatic rings. The Hall–Kier alpha value is -1.13. The number of methoxy groups -OCH3 is 1. The molecule has 4 heteroatoms. The molecule has 1 atom stereocenters. The Morgan fingerprint density at radius 1 is 1.44 bits per heavy atom. The van der Waals surface area contributed by atoms with Crippen molar-refractivity contribution in [3.8, 4) is 5.75 Å². The maximum Gasteiger partial charge on any atom is 0.137 e. The Labute approximate surface area is 97.0 Å². The third kappa shape index (κ3) is 3.79. The summed E-state index contributed by atoms with van der Waals surface area (Å²) in [7, 11) is 3.56. The van der Waals surface area contributed by atoms with Gasteiger partial charge in [-0.25, -0.2) is 0 Å². The van der Waals surface area contributed by atoms with Crippen LogP contribution in [-0.4, -0.2) is 32.4 Å². The van der Waals surface area contributed by atoms with Gasteiger partial charge in [0.05, 0.1) is 26.0 Å². The van der Waals surface area contributed by atoms with Crippen LogP contribution in [0.3, 0.4) is 0 Å². The van der Waals surface area contributed by atoms with Crippen molar-refractivity contribution in [3.05, 3.63) is 24.0 Å². The third-order valence-electron chi connectivity index (χ3n) is 2.35. The van der Waals surface area contributed by atoms with Crippen molar-refractivity contribution in [1.82, 2.24) is 10.3 Å². The first-order valence-corrected chi connectivity index (χ1v) is 5.55. The molecule has 1 aromatic heterocycles. The molecule has 1 rings (SSSR count). The third-order valence-corrected chi connectivity index (χ3v) is 2.35. The Bertz CT molecular complexity index is 305. The van der Waals surface area contributed by atoms with Gasteiger partial charge < -0.3 is 14.8 Å². The molecular formula is C12H20N2O2. The first-order valence-electron chi connectivity index (χ1n) is 5.55.